The lowest BCUT2D eigenvalue weighted by Gasteiger charge is -2.38. The van der Waals surface area contributed by atoms with Gasteiger partial charge in [-0.05, 0) is 31.4 Å². The predicted molar refractivity (Wildman–Crippen MR) is 65.0 cm³/mol. The highest BCUT2D eigenvalue weighted by atomic mass is 16.2. The average Bonchev–Trinajstić information content (AvgIpc) is 2.33. The van der Waals surface area contributed by atoms with Crippen LogP contribution >= 0.6 is 0 Å². The number of nitrogens with one attached hydrogen (secondary N) is 1. The number of aryl methyl sites for hydroxylation is 1. The van der Waals surface area contributed by atoms with Gasteiger partial charge in [-0.3, -0.25) is 9.59 Å². The number of rotatable bonds is 0. The molecule has 0 atom stereocenters. The average molecular weight is 229 g/mol. The van der Waals surface area contributed by atoms with Crippen molar-refractivity contribution in [1.82, 2.24) is 0 Å². The van der Waals surface area contributed by atoms with Crippen molar-refractivity contribution in [3.63, 3.8) is 0 Å². The summed E-state index contributed by atoms with van der Waals surface area (Å²) in [6.45, 7) is 1.92. The molecule has 1 aromatic rings. The van der Waals surface area contributed by atoms with Gasteiger partial charge >= 0.3 is 0 Å². The molecule has 1 heterocycles. The Balaban J connectivity index is 2.10. The Kier molecular flexibility index (Phi) is 2.12. The first-order valence-corrected chi connectivity index (χ1v) is 6.07. The Bertz CT molecular complexity index is 515. The van der Waals surface area contributed by atoms with E-state index in [2.05, 4.69) is 5.32 Å². The van der Waals surface area contributed by atoms with Gasteiger partial charge in [0.05, 0.1) is 11.1 Å². The van der Waals surface area contributed by atoms with Crippen LogP contribution in [0.2, 0.25) is 0 Å². The fraction of sp³-hybridized carbons (Fsp3) is 0.429. The predicted octanol–water partition coefficient (Wildman–Crippen LogP) is 2.69. The first kappa shape index (κ1) is 10.5. The summed E-state index contributed by atoms with van der Waals surface area (Å²) in [7, 11) is 0. The van der Waals surface area contributed by atoms with Gasteiger partial charge in [0, 0.05) is 12.0 Å². The molecule has 1 aliphatic heterocycles. The van der Waals surface area contributed by atoms with Gasteiger partial charge in [-0.1, -0.05) is 18.6 Å². The minimum atomic E-state index is -0.414. The number of carbonyl (C=O) groups excluding carboxylic acids is 2. The first-order valence-electron chi connectivity index (χ1n) is 6.07. The number of carbonyl (C=O) groups is 2. The number of amides is 1. The molecule has 3 heteroatoms. The SMILES string of the molecule is Cc1cccc2c1C(=O)CC1(CCC1)C(=O)N2. The monoisotopic (exact) mass is 229 g/mol. The number of hydrogen-bond donors (Lipinski definition) is 1. The van der Waals surface area contributed by atoms with Crippen LogP contribution in [0, 0.1) is 12.3 Å². The molecular weight excluding hydrogens is 214 g/mol. The summed E-state index contributed by atoms with van der Waals surface area (Å²) < 4.78 is 0. The van der Waals surface area contributed by atoms with E-state index >= 15 is 0 Å². The third-order valence-electron chi connectivity index (χ3n) is 4.09. The summed E-state index contributed by atoms with van der Waals surface area (Å²) in [6, 6.07) is 5.61. The van der Waals surface area contributed by atoms with Gasteiger partial charge in [-0.25, -0.2) is 0 Å². The van der Waals surface area contributed by atoms with Crippen molar-refractivity contribution in [3.8, 4) is 0 Å². The van der Waals surface area contributed by atoms with Gasteiger partial charge in [0.25, 0.3) is 0 Å². The van der Waals surface area contributed by atoms with E-state index in [9.17, 15) is 9.59 Å². The van der Waals surface area contributed by atoms with Crippen molar-refractivity contribution < 1.29 is 9.59 Å². The van der Waals surface area contributed by atoms with Gasteiger partial charge < -0.3 is 5.32 Å². The number of benzene rings is 1. The maximum Gasteiger partial charge on any atom is 0.231 e. The van der Waals surface area contributed by atoms with E-state index in [1.54, 1.807) is 0 Å². The van der Waals surface area contributed by atoms with Crippen LogP contribution < -0.4 is 5.32 Å². The molecule has 17 heavy (non-hydrogen) atoms. The van der Waals surface area contributed by atoms with Crippen LogP contribution in [0.1, 0.15) is 41.6 Å². The normalized spacial score (nSPS) is 21.5. The number of Topliss-reactive ketones (excluding diaryl/α,β-unsaturated/α-hetero) is 1. The quantitative estimate of drug-likeness (QED) is 0.743. The summed E-state index contributed by atoms with van der Waals surface area (Å²) in [5.74, 6) is 0.137. The minimum Gasteiger partial charge on any atom is -0.325 e. The first-order chi connectivity index (χ1) is 8.12. The zero-order valence-corrected chi connectivity index (χ0v) is 9.88. The molecule has 1 saturated carbocycles. The van der Waals surface area contributed by atoms with Crippen molar-refractivity contribution in [2.75, 3.05) is 5.32 Å². The van der Waals surface area contributed by atoms with Gasteiger partial charge in [-0.2, -0.15) is 0 Å². The summed E-state index contributed by atoms with van der Waals surface area (Å²) in [5.41, 5.74) is 1.92. The van der Waals surface area contributed by atoms with Crippen LogP contribution in [-0.4, -0.2) is 11.7 Å². The molecule has 88 valence electrons. The molecule has 0 radical (unpaired) electrons. The van der Waals surface area contributed by atoms with Crippen LogP contribution in [-0.2, 0) is 4.79 Å². The molecule has 1 spiro atoms. The topological polar surface area (TPSA) is 46.2 Å². The highest BCUT2D eigenvalue weighted by Crippen LogP contribution is 2.47. The van der Waals surface area contributed by atoms with Gasteiger partial charge in [0.15, 0.2) is 5.78 Å². The molecule has 1 fully saturated rings. The van der Waals surface area contributed by atoms with Crippen LogP contribution in [0.15, 0.2) is 18.2 Å². The highest BCUT2D eigenvalue weighted by Gasteiger charge is 2.47. The lowest BCUT2D eigenvalue weighted by molar-refractivity contribution is -0.130. The summed E-state index contributed by atoms with van der Waals surface area (Å²) in [4.78, 5) is 24.5. The molecule has 0 unspecified atom stereocenters. The summed E-state index contributed by atoms with van der Waals surface area (Å²) in [6.07, 6.45) is 3.11. The van der Waals surface area contributed by atoms with Gasteiger partial charge in [0.2, 0.25) is 5.91 Å². The van der Waals surface area contributed by atoms with Crippen LogP contribution in [0.3, 0.4) is 0 Å². The van der Waals surface area contributed by atoms with Gasteiger partial charge in [0.1, 0.15) is 0 Å². The largest absolute Gasteiger partial charge is 0.325 e. The molecular formula is C14H15NO2. The molecule has 3 nitrogen and oxygen atoms in total. The van der Waals surface area contributed by atoms with E-state index in [4.69, 9.17) is 0 Å². The second kappa shape index (κ2) is 3.42. The fourth-order valence-corrected chi connectivity index (χ4v) is 2.88. The Morgan fingerprint density at radius 3 is 2.65 bits per heavy atom. The Morgan fingerprint density at radius 1 is 1.24 bits per heavy atom. The number of anilines is 1. The van der Waals surface area contributed by atoms with E-state index in [1.807, 2.05) is 25.1 Å². The Labute approximate surface area is 100 Å². The van der Waals surface area contributed by atoms with Crippen molar-refractivity contribution in [3.05, 3.63) is 29.3 Å². The Hall–Kier alpha value is -1.64. The van der Waals surface area contributed by atoms with Crippen molar-refractivity contribution in [1.29, 1.82) is 0 Å². The van der Waals surface area contributed by atoms with Crippen LogP contribution in [0.25, 0.3) is 0 Å². The van der Waals surface area contributed by atoms with E-state index in [0.29, 0.717) is 17.7 Å². The van der Waals surface area contributed by atoms with E-state index < -0.39 is 5.41 Å². The number of ketones is 1. The zero-order chi connectivity index (χ0) is 12.0. The van der Waals surface area contributed by atoms with E-state index in [1.165, 1.54) is 0 Å². The lowest BCUT2D eigenvalue weighted by Crippen LogP contribution is -2.41. The second-order valence-electron chi connectivity index (χ2n) is 5.19. The smallest absolute Gasteiger partial charge is 0.231 e. The third-order valence-corrected chi connectivity index (χ3v) is 4.09. The minimum absolute atomic E-state index is 0.0291. The molecule has 1 aliphatic carbocycles. The zero-order valence-electron chi connectivity index (χ0n) is 9.88. The molecule has 0 bridgehead atoms. The summed E-state index contributed by atoms with van der Waals surface area (Å²) in [5, 5.41) is 2.93. The second-order valence-corrected chi connectivity index (χ2v) is 5.19. The molecule has 1 N–H and O–H groups in total. The van der Waals surface area contributed by atoms with Crippen molar-refractivity contribution in [2.24, 2.45) is 5.41 Å². The molecule has 3 rings (SSSR count). The van der Waals surface area contributed by atoms with E-state index in [0.717, 1.165) is 24.8 Å². The maximum absolute atomic E-state index is 12.3. The summed E-state index contributed by atoms with van der Waals surface area (Å²) >= 11 is 0. The molecule has 1 amide bonds. The molecule has 0 saturated heterocycles. The molecule has 2 aliphatic rings. The Morgan fingerprint density at radius 2 is 2.00 bits per heavy atom. The third kappa shape index (κ3) is 1.42. The molecule has 0 aromatic heterocycles. The highest BCUT2D eigenvalue weighted by molar-refractivity contribution is 6.12. The van der Waals surface area contributed by atoms with Crippen molar-refractivity contribution in [2.45, 2.75) is 32.6 Å². The number of fused-ring (bicyclic) bond motifs is 1. The standard InChI is InChI=1S/C14H15NO2/c1-9-4-2-5-10-12(9)11(16)8-14(6-3-7-14)13(17)15-10/h2,4-5H,3,6-8H2,1H3,(H,15,17). The van der Waals surface area contributed by atoms with Gasteiger partial charge in [-0.15, -0.1) is 0 Å². The van der Waals surface area contributed by atoms with Crippen molar-refractivity contribution >= 4 is 17.4 Å². The molecule has 1 aromatic carbocycles. The number of hydrogen-bond acceptors (Lipinski definition) is 2. The van der Waals surface area contributed by atoms with E-state index in [-0.39, 0.29) is 11.7 Å². The maximum atomic E-state index is 12.3. The van der Waals surface area contributed by atoms with Crippen LogP contribution in [0.4, 0.5) is 5.69 Å². The van der Waals surface area contributed by atoms with Crippen LogP contribution in [0.5, 0.6) is 0 Å². The lowest BCUT2D eigenvalue weighted by atomic mass is 9.65. The fourth-order valence-electron chi connectivity index (χ4n) is 2.88.